The average molecular weight is 446 g/mol. The molecule has 1 aliphatic heterocycles. The number of hydrogen-bond acceptors (Lipinski definition) is 5. The number of esters is 1. The lowest BCUT2D eigenvalue weighted by atomic mass is 9.95. The van der Waals surface area contributed by atoms with Crippen LogP contribution in [0.1, 0.15) is 17.5 Å². The quantitative estimate of drug-likeness (QED) is 0.641. The molecule has 2 aromatic carbocycles. The third kappa shape index (κ3) is 6.18. The minimum atomic E-state index is -0.421. The molecule has 33 heavy (non-hydrogen) atoms. The zero-order valence-corrected chi connectivity index (χ0v) is 19.0. The summed E-state index contributed by atoms with van der Waals surface area (Å²) in [5.41, 5.74) is 5.09. The van der Waals surface area contributed by atoms with E-state index in [2.05, 4.69) is 51.9 Å². The molecule has 0 saturated carbocycles. The zero-order chi connectivity index (χ0) is 23.0. The summed E-state index contributed by atoms with van der Waals surface area (Å²) in [7, 11) is 1.34. The van der Waals surface area contributed by atoms with Crippen LogP contribution in [0.15, 0.2) is 72.3 Å². The number of amides is 1. The van der Waals surface area contributed by atoms with E-state index >= 15 is 0 Å². The van der Waals surface area contributed by atoms with E-state index < -0.39 is 5.97 Å². The lowest BCUT2D eigenvalue weighted by Crippen LogP contribution is -2.42. The Bertz CT molecular complexity index is 1050. The number of hydrogen-bond donors (Lipinski definition) is 2. The minimum Gasteiger partial charge on any atom is -0.465 e. The molecule has 1 fully saturated rings. The summed E-state index contributed by atoms with van der Waals surface area (Å²) >= 11 is 0. The van der Waals surface area contributed by atoms with Gasteiger partial charge in [-0.15, -0.1) is 0 Å². The van der Waals surface area contributed by atoms with Crippen LogP contribution in [0.5, 0.6) is 0 Å². The van der Waals surface area contributed by atoms with Crippen molar-refractivity contribution in [3.63, 3.8) is 0 Å². The highest BCUT2D eigenvalue weighted by molar-refractivity contribution is 5.93. The number of piperazine rings is 1. The molecule has 1 unspecified atom stereocenters. The Balaban J connectivity index is 1.39. The Morgan fingerprint density at radius 2 is 1.76 bits per heavy atom. The molecule has 6 nitrogen and oxygen atoms in total. The predicted molar refractivity (Wildman–Crippen MR) is 129 cm³/mol. The number of benzene rings is 2. The smallest absolute Gasteiger partial charge is 0.337 e. The number of ether oxygens (including phenoxy) is 1. The van der Waals surface area contributed by atoms with E-state index in [0.717, 1.165) is 43.9 Å². The van der Waals surface area contributed by atoms with Crippen LogP contribution in [0.2, 0.25) is 0 Å². The van der Waals surface area contributed by atoms with Gasteiger partial charge in [-0.3, -0.25) is 9.69 Å². The summed E-state index contributed by atoms with van der Waals surface area (Å²) < 4.78 is 4.76. The molecule has 1 heterocycles. The zero-order valence-electron chi connectivity index (χ0n) is 19.0. The first-order chi connectivity index (χ1) is 16.1. The van der Waals surface area contributed by atoms with E-state index in [1.165, 1.54) is 18.2 Å². The van der Waals surface area contributed by atoms with Crippen LogP contribution < -0.4 is 10.6 Å². The fraction of sp³-hybridized carbons (Fsp3) is 0.333. The van der Waals surface area contributed by atoms with Gasteiger partial charge in [0.05, 0.1) is 18.6 Å². The first-order valence-corrected chi connectivity index (χ1v) is 11.5. The maximum absolute atomic E-state index is 12.7. The standard InChI is InChI=1S/C27H31N3O3/c1-33-27(32)25-10-4-9-24(17-25)26(31)29-18-20-5-2-7-22(15-20)23-8-3-6-21(16-23)19-30-13-11-28-12-14-30/h2-8,10,15-17,24,28H,9,11-14,18-19H2,1H3,(H,29,31). The Hall–Kier alpha value is -3.22. The Kier molecular flexibility index (Phi) is 7.70. The summed E-state index contributed by atoms with van der Waals surface area (Å²) in [6.07, 6.45) is 5.80. The van der Waals surface area contributed by atoms with Crippen molar-refractivity contribution in [3.8, 4) is 11.1 Å². The number of rotatable bonds is 7. The molecule has 1 amide bonds. The number of carbonyl (C=O) groups is 2. The second kappa shape index (κ2) is 11.1. The maximum Gasteiger partial charge on any atom is 0.337 e. The predicted octanol–water partition coefficient (Wildman–Crippen LogP) is 3.05. The molecule has 6 heteroatoms. The lowest BCUT2D eigenvalue weighted by Gasteiger charge is -2.27. The van der Waals surface area contributed by atoms with Crippen LogP contribution in [0.4, 0.5) is 0 Å². The second-order valence-electron chi connectivity index (χ2n) is 8.50. The largest absolute Gasteiger partial charge is 0.465 e. The number of carbonyl (C=O) groups excluding carboxylic acids is 2. The van der Waals surface area contributed by atoms with Crippen LogP contribution >= 0.6 is 0 Å². The lowest BCUT2D eigenvalue weighted by molar-refractivity contribution is -0.135. The molecule has 2 N–H and O–H groups in total. The van der Waals surface area contributed by atoms with Crippen LogP contribution in [0.25, 0.3) is 11.1 Å². The number of allylic oxidation sites excluding steroid dienone is 1. The molecule has 1 saturated heterocycles. The molecule has 2 aromatic rings. The first-order valence-electron chi connectivity index (χ1n) is 11.5. The van der Waals surface area contributed by atoms with Gasteiger partial charge in [-0.1, -0.05) is 54.6 Å². The Labute approximate surface area is 195 Å². The monoisotopic (exact) mass is 445 g/mol. The van der Waals surface area contributed by atoms with Gasteiger partial charge < -0.3 is 15.4 Å². The maximum atomic E-state index is 12.7. The highest BCUT2D eigenvalue weighted by Crippen LogP contribution is 2.23. The van der Waals surface area contributed by atoms with Crippen molar-refractivity contribution in [2.45, 2.75) is 19.5 Å². The third-order valence-corrected chi connectivity index (χ3v) is 6.10. The SMILES string of the molecule is COC(=O)C1=CC(C(=O)NCc2cccc(-c3cccc(CN4CCNCC4)c3)c2)CC=C1. The van der Waals surface area contributed by atoms with Crippen LogP contribution in [-0.4, -0.2) is 50.1 Å². The topological polar surface area (TPSA) is 70.7 Å². The number of methoxy groups -OCH3 is 1. The fourth-order valence-electron chi connectivity index (χ4n) is 4.28. The molecule has 1 atom stereocenters. The van der Waals surface area contributed by atoms with Crippen molar-refractivity contribution in [3.05, 3.63) is 83.5 Å². The molecule has 0 aromatic heterocycles. The van der Waals surface area contributed by atoms with Crippen molar-refractivity contribution >= 4 is 11.9 Å². The van der Waals surface area contributed by atoms with Gasteiger partial charge in [0.15, 0.2) is 0 Å². The highest BCUT2D eigenvalue weighted by atomic mass is 16.5. The highest BCUT2D eigenvalue weighted by Gasteiger charge is 2.20. The minimum absolute atomic E-state index is 0.0934. The van der Waals surface area contributed by atoms with Gasteiger partial charge in [0.2, 0.25) is 5.91 Å². The van der Waals surface area contributed by atoms with Gasteiger partial charge in [0, 0.05) is 39.3 Å². The molecule has 2 aliphatic rings. The van der Waals surface area contributed by atoms with Crippen molar-refractivity contribution in [1.82, 2.24) is 15.5 Å². The van der Waals surface area contributed by atoms with Gasteiger partial charge in [-0.05, 0) is 40.8 Å². The molecular weight excluding hydrogens is 414 g/mol. The summed E-state index contributed by atoms with van der Waals surface area (Å²) in [5.74, 6) is -0.881. The first kappa shape index (κ1) is 23.0. The van der Waals surface area contributed by atoms with Gasteiger partial charge in [0.1, 0.15) is 0 Å². The van der Waals surface area contributed by atoms with Crippen molar-refractivity contribution in [1.29, 1.82) is 0 Å². The van der Waals surface area contributed by atoms with Gasteiger partial charge in [-0.2, -0.15) is 0 Å². The van der Waals surface area contributed by atoms with Crippen molar-refractivity contribution < 1.29 is 14.3 Å². The summed E-state index contributed by atoms with van der Waals surface area (Å²) in [5, 5.41) is 6.40. The Morgan fingerprint density at radius 3 is 2.48 bits per heavy atom. The molecule has 0 spiro atoms. The molecule has 0 radical (unpaired) electrons. The number of nitrogens with zero attached hydrogens (tertiary/aromatic N) is 1. The van der Waals surface area contributed by atoms with E-state index in [0.29, 0.717) is 18.5 Å². The van der Waals surface area contributed by atoms with E-state index in [4.69, 9.17) is 4.74 Å². The molecule has 1 aliphatic carbocycles. The molecular formula is C27H31N3O3. The third-order valence-electron chi connectivity index (χ3n) is 6.10. The van der Waals surface area contributed by atoms with Gasteiger partial charge in [0.25, 0.3) is 0 Å². The summed E-state index contributed by atoms with van der Waals surface area (Å²) in [6.45, 7) is 5.64. The van der Waals surface area contributed by atoms with Crippen molar-refractivity contribution in [2.75, 3.05) is 33.3 Å². The van der Waals surface area contributed by atoms with Gasteiger partial charge >= 0.3 is 5.97 Å². The van der Waals surface area contributed by atoms with E-state index in [-0.39, 0.29) is 11.8 Å². The van der Waals surface area contributed by atoms with E-state index in [9.17, 15) is 9.59 Å². The number of nitrogens with one attached hydrogen (secondary N) is 2. The molecule has 0 bridgehead atoms. The molecule has 4 rings (SSSR count). The van der Waals surface area contributed by atoms with E-state index in [1.807, 2.05) is 18.2 Å². The van der Waals surface area contributed by atoms with Crippen LogP contribution in [-0.2, 0) is 27.4 Å². The van der Waals surface area contributed by atoms with E-state index in [1.54, 1.807) is 12.2 Å². The average Bonchev–Trinajstić information content (AvgIpc) is 2.88. The van der Waals surface area contributed by atoms with Crippen LogP contribution in [0, 0.1) is 5.92 Å². The normalized spacial score (nSPS) is 18.5. The van der Waals surface area contributed by atoms with Crippen LogP contribution in [0.3, 0.4) is 0 Å². The van der Waals surface area contributed by atoms with Crippen molar-refractivity contribution in [2.24, 2.45) is 5.92 Å². The summed E-state index contributed by atoms with van der Waals surface area (Å²) in [4.78, 5) is 26.9. The second-order valence-corrected chi connectivity index (χ2v) is 8.50. The fourth-order valence-corrected chi connectivity index (χ4v) is 4.28. The summed E-state index contributed by atoms with van der Waals surface area (Å²) in [6, 6.07) is 17.0. The van der Waals surface area contributed by atoms with Gasteiger partial charge in [-0.25, -0.2) is 4.79 Å². The Morgan fingerprint density at radius 1 is 1.06 bits per heavy atom. The molecule has 172 valence electrons.